The summed E-state index contributed by atoms with van der Waals surface area (Å²) in [6, 6.07) is 6.52. The van der Waals surface area contributed by atoms with Crippen LogP contribution in [-0.2, 0) is 17.5 Å². The second-order valence-electron chi connectivity index (χ2n) is 4.64. The van der Waals surface area contributed by atoms with Gasteiger partial charge in [0.15, 0.2) is 0 Å². The molecule has 1 N–H and O–H groups in total. The first-order valence-electron chi connectivity index (χ1n) is 6.67. The number of amides is 1. The lowest BCUT2D eigenvalue weighted by Crippen LogP contribution is -2.21. The molecule has 2 aromatic rings. The molecule has 8 heteroatoms. The molecule has 0 aliphatic heterocycles. The van der Waals surface area contributed by atoms with Crippen molar-refractivity contribution in [3.8, 4) is 11.4 Å². The van der Waals surface area contributed by atoms with Crippen LogP contribution in [-0.4, -0.2) is 16.0 Å². The summed E-state index contributed by atoms with van der Waals surface area (Å²) in [7, 11) is 0. The molecular formula is C14H14F3N3O2. The predicted molar refractivity (Wildman–Crippen MR) is 71.5 cm³/mol. The Balaban J connectivity index is 2.03. The first kappa shape index (κ1) is 16.0. The monoisotopic (exact) mass is 313 g/mol. The van der Waals surface area contributed by atoms with Gasteiger partial charge in [0.25, 0.3) is 0 Å². The van der Waals surface area contributed by atoms with Crippen molar-refractivity contribution in [1.82, 2.24) is 15.5 Å². The summed E-state index contributed by atoms with van der Waals surface area (Å²) in [5.74, 6) is -1.55. The third-order valence-electron chi connectivity index (χ3n) is 2.85. The molecule has 1 aromatic heterocycles. The van der Waals surface area contributed by atoms with E-state index in [2.05, 4.69) is 20.0 Å². The van der Waals surface area contributed by atoms with E-state index in [0.717, 1.165) is 12.0 Å². The number of alkyl halides is 3. The second-order valence-corrected chi connectivity index (χ2v) is 4.64. The number of nitrogens with zero attached hydrogens (tertiary/aromatic N) is 2. The van der Waals surface area contributed by atoms with Gasteiger partial charge in [0.1, 0.15) is 0 Å². The molecule has 0 unspecified atom stereocenters. The minimum atomic E-state index is -4.66. The van der Waals surface area contributed by atoms with Gasteiger partial charge >= 0.3 is 12.1 Å². The van der Waals surface area contributed by atoms with Crippen LogP contribution in [0.2, 0.25) is 0 Å². The van der Waals surface area contributed by atoms with Crippen molar-refractivity contribution in [2.45, 2.75) is 32.5 Å². The van der Waals surface area contributed by atoms with Crippen molar-refractivity contribution in [3.05, 3.63) is 35.7 Å². The number of aromatic nitrogens is 2. The highest BCUT2D eigenvalue weighted by Crippen LogP contribution is 2.29. The topological polar surface area (TPSA) is 68.0 Å². The fourth-order valence-corrected chi connectivity index (χ4v) is 1.74. The minimum Gasteiger partial charge on any atom is -0.352 e. The van der Waals surface area contributed by atoms with Crippen LogP contribution in [0.1, 0.15) is 31.2 Å². The lowest BCUT2D eigenvalue weighted by molar-refractivity contribution is -0.159. The molecule has 1 heterocycles. The largest absolute Gasteiger partial charge is 0.471 e. The van der Waals surface area contributed by atoms with E-state index in [-0.39, 0.29) is 11.7 Å². The van der Waals surface area contributed by atoms with Gasteiger partial charge in [-0.05, 0) is 12.0 Å². The fraction of sp³-hybridized carbons (Fsp3) is 0.357. The van der Waals surface area contributed by atoms with Crippen LogP contribution in [0.5, 0.6) is 0 Å². The van der Waals surface area contributed by atoms with Crippen molar-refractivity contribution in [2.75, 3.05) is 0 Å². The van der Waals surface area contributed by atoms with Gasteiger partial charge in [-0.2, -0.15) is 18.2 Å². The summed E-state index contributed by atoms with van der Waals surface area (Å²) in [5.41, 5.74) is 1.23. The molecule has 22 heavy (non-hydrogen) atoms. The summed E-state index contributed by atoms with van der Waals surface area (Å²) >= 11 is 0. The Morgan fingerprint density at radius 1 is 1.27 bits per heavy atom. The van der Waals surface area contributed by atoms with Crippen molar-refractivity contribution in [3.63, 3.8) is 0 Å². The van der Waals surface area contributed by atoms with Crippen LogP contribution in [0.4, 0.5) is 13.2 Å². The first-order chi connectivity index (χ1) is 10.4. The minimum absolute atomic E-state index is 0.0421. The van der Waals surface area contributed by atoms with Crippen molar-refractivity contribution in [2.24, 2.45) is 0 Å². The van der Waals surface area contributed by atoms with E-state index < -0.39 is 12.1 Å². The molecule has 0 bridgehead atoms. The number of halogens is 3. The van der Waals surface area contributed by atoms with Gasteiger partial charge in [0, 0.05) is 18.5 Å². The third kappa shape index (κ3) is 4.06. The van der Waals surface area contributed by atoms with E-state index in [4.69, 9.17) is 0 Å². The second kappa shape index (κ2) is 6.59. The van der Waals surface area contributed by atoms with Crippen molar-refractivity contribution in [1.29, 1.82) is 0 Å². The van der Waals surface area contributed by atoms with Crippen LogP contribution in [0.25, 0.3) is 11.4 Å². The van der Waals surface area contributed by atoms with E-state index >= 15 is 0 Å². The number of carbonyl (C=O) groups is 1. The Bertz CT molecular complexity index is 636. The van der Waals surface area contributed by atoms with E-state index in [9.17, 15) is 18.0 Å². The molecule has 0 aliphatic carbocycles. The molecule has 0 radical (unpaired) electrons. The molecule has 118 valence electrons. The Hall–Kier alpha value is -2.38. The highest BCUT2D eigenvalue weighted by atomic mass is 19.4. The number of hydrogen-bond acceptors (Lipinski definition) is 4. The SMILES string of the molecule is CCCC(=O)NCc1ccc(-c2noc(C(F)(F)F)n2)cc1. The maximum atomic E-state index is 12.4. The quantitative estimate of drug-likeness (QED) is 0.920. The molecule has 2 rings (SSSR count). The normalized spacial score (nSPS) is 11.5. The zero-order valence-corrected chi connectivity index (χ0v) is 11.8. The highest BCUT2D eigenvalue weighted by Gasteiger charge is 2.38. The van der Waals surface area contributed by atoms with Gasteiger partial charge in [0.2, 0.25) is 11.7 Å². The van der Waals surface area contributed by atoms with Crippen molar-refractivity contribution >= 4 is 5.91 Å². The molecule has 1 aromatic carbocycles. The molecule has 0 saturated carbocycles. The molecular weight excluding hydrogens is 299 g/mol. The highest BCUT2D eigenvalue weighted by molar-refractivity contribution is 5.75. The molecule has 0 saturated heterocycles. The summed E-state index contributed by atoms with van der Waals surface area (Å²) in [6.45, 7) is 2.27. The average Bonchev–Trinajstić information content (AvgIpc) is 2.96. The number of benzene rings is 1. The average molecular weight is 313 g/mol. The molecule has 0 spiro atoms. The third-order valence-corrected chi connectivity index (χ3v) is 2.85. The van der Waals surface area contributed by atoms with E-state index in [1.54, 1.807) is 24.3 Å². The number of carbonyl (C=O) groups excluding carboxylic acids is 1. The van der Waals surface area contributed by atoms with Crippen LogP contribution >= 0.6 is 0 Å². The summed E-state index contributed by atoms with van der Waals surface area (Å²) < 4.78 is 41.3. The van der Waals surface area contributed by atoms with E-state index in [1.165, 1.54) is 0 Å². The van der Waals surface area contributed by atoms with E-state index in [1.807, 2.05) is 6.92 Å². The summed E-state index contributed by atoms with van der Waals surface area (Å²) in [6.07, 6.45) is -3.43. The van der Waals surface area contributed by atoms with Crippen molar-refractivity contribution < 1.29 is 22.5 Å². The first-order valence-corrected chi connectivity index (χ1v) is 6.67. The molecule has 0 fully saturated rings. The fourth-order valence-electron chi connectivity index (χ4n) is 1.74. The summed E-state index contributed by atoms with van der Waals surface area (Å²) in [5, 5.41) is 6.05. The van der Waals surface area contributed by atoms with Gasteiger partial charge < -0.3 is 9.84 Å². The zero-order chi connectivity index (χ0) is 16.2. The van der Waals surface area contributed by atoms with Gasteiger partial charge in [-0.15, -0.1) is 0 Å². The van der Waals surface area contributed by atoms with Crippen LogP contribution in [0, 0.1) is 0 Å². The number of hydrogen-bond donors (Lipinski definition) is 1. The van der Waals surface area contributed by atoms with Gasteiger partial charge in [-0.1, -0.05) is 36.3 Å². The molecule has 0 aliphatic rings. The lowest BCUT2D eigenvalue weighted by atomic mass is 10.1. The molecule has 1 amide bonds. The van der Waals surface area contributed by atoms with Gasteiger partial charge in [-0.25, -0.2) is 0 Å². The Labute approximate surface area is 124 Å². The Kier molecular flexibility index (Phi) is 4.79. The van der Waals surface area contributed by atoms with Crippen LogP contribution in [0.3, 0.4) is 0 Å². The predicted octanol–water partition coefficient (Wildman–Crippen LogP) is 3.17. The molecule has 0 atom stereocenters. The standard InChI is InChI=1S/C14H14F3N3O2/c1-2-3-11(21)18-8-9-4-6-10(7-5-9)12-19-13(22-20-12)14(15,16)17/h4-7H,2-3,8H2,1H3,(H,18,21). The number of nitrogens with one attached hydrogen (secondary N) is 1. The Morgan fingerprint density at radius 3 is 2.50 bits per heavy atom. The smallest absolute Gasteiger partial charge is 0.352 e. The van der Waals surface area contributed by atoms with E-state index in [0.29, 0.717) is 18.5 Å². The maximum absolute atomic E-state index is 12.4. The van der Waals surface area contributed by atoms with Crippen LogP contribution < -0.4 is 5.32 Å². The van der Waals surface area contributed by atoms with Crippen LogP contribution in [0.15, 0.2) is 28.8 Å². The van der Waals surface area contributed by atoms with Gasteiger partial charge in [-0.3, -0.25) is 4.79 Å². The zero-order valence-electron chi connectivity index (χ0n) is 11.8. The number of rotatable bonds is 5. The Morgan fingerprint density at radius 2 is 1.95 bits per heavy atom. The summed E-state index contributed by atoms with van der Waals surface area (Å²) in [4.78, 5) is 14.7. The molecule has 5 nitrogen and oxygen atoms in total. The van der Waals surface area contributed by atoms with Gasteiger partial charge in [0.05, 0.1) is 0 Å². The lowest BCUT2D eigenvalue weighted by Gasteiger charge is -2.04. The maximum Gasteiger partial charge on any atom is 0.471 e.